The normalized spacial score (nSPS) is 15.9. The first kappa shape index (κ1) is 41.5. The number of pyridine rings is 2. The average Bonchev–Trinajstić information content (AvgIpc) is 3.52. The molecule has 2 atom stereocenters. The lowest BCUT2D eigenvalue weighted by Crippen LogP contribution is -2.43. The van der Waals surface area contributed by atoms with Crippen LogP contribution in [-0.4, -0.2) is 80.2 Å². The van der Waals surface area contributed by atoms with Crippen molar-refractivity contribution in [2.24, 2.45) is 0 Å². The summed E-state index contributed by atoms with van der Waals surface area (Å²) in [4.78, 5) is 18.9. The van der Waals surface area contributed by atoms with Gasteiger partial charge in [0.1, 0.15) is 30.9 Å². The lowest BCUT2D eigenvalue weighted by molar-refractivity contribution is -0.106. The monoisotopic (exact) mass is 800 g/mol. The highest BCUT2D eigenvalue weighted by Gasteiger charge is 2.37. The summed E-state index contributed by atoms with van der Waals surface area (Å²) < 4.78 is 39.5. The second-order valence-electron chi connectivity index (χ2n) is 17.5. The van der Waals surface area contributed by atoms with Gasteiger partial charge in [-0.25, -0.2) is 0 Å². The van der Waals surface area contributed by atoms with E-state index in [2.05, 4.69) is 82.1 Å². The van der Waals surface area contributed by atoms with Crippen molar-refractivity contribution < 1.29 is 28.1 Å². The van der Waals surface area contributed by atoms with Gasteiger partial charge in [-0.2, -0.15) is 9.97 Å². The second kappa shape index (κ2) is 17.6. The molecule has 302 valence electrons. The first-order valence-electron chi connectivity index (χ1n) is 19.8. The van der Waals surface area contributed by atoms with E-state index in [-0.39, 0.29) is 24.0 Å². The van der Waals surface area contributed by atoms with Gasteiger partial charge in [-0.15, -0.1) is 0 Å². The van der Waals surface area contributed by atoms with E-state index < -0.39 is 16.4 Å². The van der Waals surface area contributed by atoms with Crippen molar-refractivity contribution in [3.63, 3.8) is 0 Å². The number of benzene rings is 1. The van der Waals surface area contributed by atoms with Gasteiger partial charge in [0.05, 0.1) is 36.5 Å². The third-order valence-electron chi connectivity index (χ3n) is 10.5. The fourth-order valence-electron chi connectivity index (χ4n) is 6.10. The van der Waals surface area contributed by atoms with Crippen LogP contribution in [0.4, 0.5) is 5.95 Å². The molecule has 1 saturated heterocycles. The summed E-state index contributed by atoms with van der Waals surface area (Å²) in [6.07, 6.45) is 9.98. The predicted octanol–water partition coefficient (Wildman–Crippen LogP) is 9.67. The van der Waals surface area contributed by atoms with Crippen LogP contribution in [0.15, 0.2) is 55.1 Å². The molecular weight excluding hydrogens is 741 g/mol. The maximum absolute atomic E-state index is 6.57. The molecule has 0 radical (unpaired) electrons. The summed E-state index contributed by atoms with van der Waals surface area (Å²) in [5.41, 5.74) is 4.30. The molecule has 5 aromatic rings. The molecule has 0 aliphatic carbocycles. The molecule has 56 heavy (non-hydrogen) atoms. The molecule has 0 saturated carbocycles. The van der Waals surface area contributed by atoms with E-state index in [9.17, 15) is 0 Å². The molecule has 1 fully saturated rings. The van der Waals surface area contributed by atoms with E-state index in [0.29, 0.717) is 55.5 Å². The number of nitrogens with zero attached hydrogens (tertiary/aromatic N) is 5. The third kappa shape index (κ3) is 10.6. The Balaban J connectivity index is 1.29. The van der Waals surface area contributed by atoms with Crippen LogP contribution in [0.25, 0.3) is 33.1 Å². The highest BCUT2D eigenvalue weighted by atomic mass is 28.4. The molecule has 12 nitrogen and oxygen atoms in total. The number of rotatable bonds is 17. The third-order valence-corrected chi connectivity index (χ3v) is 16.7. The average molecular weight is 801 g/mol. The molecule has 2 unspecified atom stereocenters. The summed E-state index contributed by atoms with van der Waals surface area (Å²) >= 11 is 0. The van der Waals surface area contributed by atoms with Crippen LogP contribution in [0.3, 0.4) is 0 Å². The highest BCUT2D eigenvalue weighted by Crippen LogP contribution is 2.39. The maximum atomic E-state index is 6.57. The van der Waals surface area contributed by atoms with Crippen molar-refractivity contribution in [2.75, 3.05) is 32.2 Å². The maximum Gasteiger partial charge on any atom is 0.228 e. The number of fused-ring (bicyclic) bond motifs is 2. The smallest absolute Gasteiger partial charge is 0.228 e. The van der Waals surface area contributed by atoms with Crippen molar-refractivity contribution in [3.05, 3.63) is 60.7 Å². The Morgan fingerprint density at radius 1 is 1.00 bits per heavy atom. The molecule has 1 aromatic carbocycles. The molecular formula is C42H60N6O6Si2. The molecule has 4 aromatic heterocycles. The van der Waals surface area contributed by atoms with E-state index in [1.54, 1.807) is 25.6 Å². The van der Waals surface area contributed by atoms with Gasteiger partial charge in [-0.3, -0.25) is 9.97 Å². The molecule has 0 bridgehead atoms. The quantitative estimate of drug-likeness (QED) is 0.0714. The minimum Gasteiger partial charge on any atom is -0.487 e. The molecule has 0 spiro atoms. The Bertz CT molecular complexity index is 2090. The van der Waals surface area contributed by atoms with E-state index in [0.717, 1.165) is 58.3 Å². The van der Waals surface area contributed by atoms with Crippen LogP contribution in [0.5, 0.6) is 17.4 Å². The zero-order valence-corrected chi connectivity index (χ0v) is 36.9. The first-order chi connectivity index (χ1) is 26.6. The fourth-order valence-corrected chi connectivity index (χ4v) is 7.94. The Kier molecular flexibility index (Phi) is 13.1. The van der Waals surface area contributed by atoms with E-state index in [1.165, 1.54) is 0 Å². The van der Waals surface area contributed by atoms with Gasteiger partial charge in [0.2, 0.25) is 11.8 Å². The van der Waals surface area contributed by atoms with Gasteiger partial charge in [0, 0.05) is 57.1 Å². The van der Waals surface area contributed by atoms with E-state index in [1.807, 2.05) is 29.7 Å². The van der Waals surface area contributed by atoms with Crippen molar-refractivity contribution in [1.82, 2.24) is 24.5 Å². The molecule has 6 rings (SSSR count). The summed E-state index contributed by atoms with van der Waals surface area (Å²) in [7, 11) is -1.37. The largest absolute Gasteiger partial charge is 0.487 e. The van der Waals surface area contributed by atoms with Gasteiger partial charge in [0.25, 0.3) is 0 Å². The van der Waals surface area contributed by atoms with Crippen LogP contribution in [0, 0.1) is 0 Å². The standard InChI is InChI=1S/C42H60N6O6Si2/c1-29(26-52-56(9,10)42(2,3)4)53-33-19-30(22-44-23-33)27-51-40-38-35(25-48(28-49-17-18-55(6,7)8)39(38)46-41(43-5)47-40)31-14-15-36-32(20-31)21-34(24-45-36)54-37-13-11-12-16-50-37/h14-15,19-25,29,37H,11-13,16-18,26-28H2,1-10H3,(H,43,46,47). The molecule has 1 N–H and O–H groups in total. The minimum absolute atomic E-state index is 0.126. The van der Waals surface area contributed by atoms with Crippen LogP contribution in [-0.2, 0) is 27.2 Å². The van der Waals surface area contributed by atoms with Crippen molar-refractivity contribution in [2.45, 2.75) is 117 Å². The highest BCUT2D eigenvalue weighted by molar-refractivity contribution is 6.76. The van der Waals surface area contributed by atoms with Crippen LogP contribution in [0.1, 0.15) is 52.5 Å². The summed E-state index contributed by atoms with van der Waals surface area (Å²) in [6.45, 7) is 22.8. The number of aromatic nitrogens is 5. The van der Waals surface area contributed by atoms with Crippen LogP contribution in [0.2, 0.25) is 43.8 Å². The summed E-state index contributed by atoms with van der Waals surface area (Å²) in [6, 6.07) is 11.3. The van der Waals surface area contributed by atoms with Crippen molar-refractivity contribution >= 4 is 44.3 Å². The van der Waals surface area contributed by atoms with Crippen LogP contribution >= 0.6 is 0 Å². The number of hydrogen-bond acceptors (Lipinski definition) is 11. The number of nitrogens with one attached hydrogen (secondary N) is 1. The lowest BCUT2D eigenvalue weighted by atomic mass is 10.0. The second-order valence-corrected chi connectivity index (χ2v) is 27.9. The van der Waals surface area contributed by atoms with Gasteiger partial charge >= 0.3 is 0 Å². The van der Waals surface area contributed by atoms with Gasteiger partial charge in [-0.1, -0.05) is 46.5 Å². The van der Waals surface area contributed by atoms with Gasteiger partial charge < -0.3 is 38.0 Å². The molecule has 5 heterocycles. The molecule has 1 aliphatic rings. The summed E-state index contributed by atoms with van der Waals surface area (Å²) in [5, 5.41) is 4.98. The molecule has 1 aliphatic heterocycles. The SMILES string of the molecule is CNc1nc(OCc2cncc(OC(C)CO[Si](C)(C)C(C)(C)C)c2)c2c(-c3ccc4ncc(OC5CCCCO5)cc4c3)cn(COCC[Si](C)(C)C)c2n1. The zero-order chi connectivity index (χ0) is 40.1. The topological polar surface area (TPSA) is 124 Å². The van der Waals surface area contributed by atoms with Gasteiger partial charge in [0.15, 0.2) is 20.3 Å². The number of ether oxygens (including phenoxy) is 5. The summed E-state index contributed by atoms with van der Waals surface area (Å²) in [5.74, 6) is 2.23. The number of anilines is 1. The first-order valence-corrected chi connectivity index (χ1v) is 26.4. The molecule has 14 heteroatoms. The number of hydrogen-bond donors (Lipinski definition) is 1. The minimum atomic E-state index is -1.90. The van der Waals surface area contributed by atoms with Crippen LogP contribution < -0.4 is 19.5 Å². The Hall–Kier alpha value is -4.09. The lowest BCUT2D eigenvalue weighted by Gasteiger charge is -2.36. The van der Waals surface area contributed by atoms with Crippen molar-refractivity contribution in [1.29, 1.82) is 0 Å². The Labute approximate surface area is 333 Å². The zero-order valence-electron chi connectivity index (χ0n) is 34.9. The Morgan fingerprint density at radius 3 is 2.55 bits per heavy atom. The predicted molar refractivity (Wildman–Crippen MR) is 228 cm³/mol. The van der Waals surface area contributed by atoms with E-state index in [4.69, 9.17) is 43.1 Å². The fraction of sp³-hybridized carbons (Fsp3) is 0.524. The van der Waals surface area contributed by atoms with Gasteiger partial charge in [-0.05, 0) is 73.8 Å². The Morgan fingerprint density at radius 2 is 1.82 bits per heavy atom. The molecule has 0 amide bonds. The van der Waals surface area contributed by atoms with Crippen molar-refractivity contribution in [3.8, 4) is 28.5 Å². The van der Waals surface area contributed by atoms with E-state index >= 15 is 0 Å².